The number of carbonyl (C=O) groups is 5. The molecule has 53 heavy (non-hydrogen) atoms. The maximum Gasteiger partial charge on any atom is 0.246 e. The van der Waals surface area contributed by atoms with Gasteiger partial charge in [-0.05, 0) is 80.0 Å². The van der Waals surface area contributed by atoms with E-state index in [2.05, 4.69) is 15.8 Å². The van der Waals surface area contributed by atoms with Gasteiger partial charge < -0.3 is 25.1 Å². The Bertz CT molecular complexity index is 1610. The van der Waals surface area contributed by atoms with E-state index in [0.717, 1.165) is 54.5 Å². The van der Waals surface area contributed by atoms with Crippen molar-refractivity contribution >= 4 is 35.0 Å². The monoisotopic (exact) mass is 732 g/mol. The minimum absolute atomic E-state index is 0.0566. The molecule has 1 unspecified atom stereocenters. The van der Waals surface area contributed by atoms with Gasteiger partial charge in [0, 0.05) is 30.7 Å². The lowest BCUT2D eigenvalue weighted by Crippen LogP contribution is -2.59. The molecule has 0 aromatic heterocycles. The summed E-state index contributed by atoms with van der Waals surface area (Å²) in [6.07, 6.45) is 9.72. The number of Topliss-reactive ketones (excluding diaryl/α,β-unsaturated/α-hetero) is 2. The molecule has 5 aliphatic rings. The van der Waals surface area contributed by atoms with E-state index in [9.17, 15) is 24.0 Å². The molecule has 290 valence electrons. The SMILES string of the molecule is CCOc1c(C)cc(C2=NO[C@]3(C2)C[C@@H](C(=O)N[C@@H](CC2CC2)C(=O)C(=O)CC)N(C(=O)[C@@H](NC(=O)C2C[C@H]2C2CCCCC2)C(C)(C)C)C3)cc1C. The van der Waals surface area contributed by atoms with Gasteiger partial charge in [0.25, 0.3) is 0 Å². The lowest BCUT2D eigenvalue weighted by atomic mass is 9.84. The van der Waals surface area contributed by atoms with Crippen LogP contribution in [0.5, 0.6) is 5.75 Å². The molecule has 3 aliphatic carbocycles. The zero-order chi connectivity index (χ0) is 38.2. The zero-order valence-electron chi connectivity index (χ0n) is 32.8. The Kier molecular flexibility index (Phi) is 11.4. The van der Waals surface area contributed by atoms with Gasteiger partial charge in [0.15, 0.2) is 11.4 Å². The number of ketones is 2. The van der Waals surface area contributed by atoms with Crippen molar-refractivity contribution in [2.45, 2.75) is 149 Å². The predicted octanol–water partition coefficient (Wildman–Crippen LogP) is 5.75. The Morgan fingerprint density at radius 1 is 0.981 bits per heavy atom. The highest BCUT2D eigenvalue weighted by Crippen LogP contribution is 2.50. The highest BCUT2D eigenvalue weighted by atomic mass is 16.7. The Balaban J connectivity index is 1.25. The van der Waals surface area contributed by atoms with Crippen LogP contribution in [0.25, 0.3) is 0 Å². The van der Waals surface area contributed by atoms with Gasteiger partial charge in [0.1, 0.15) is 17.8 Å². The molecule has 2 aliphatic heterocycles. The van der Waals surface area contributed by atoms with Crippen LogP contribution in [-0.2, 0) is 28.8 Å². The highest BCUT2D eigenvalue weighted by Gasteiger charge is 2.56. The smallest absolute Gasteiger partial charge is 0.246 e. The third-order valence-corrected chi connectivity index (χ3v) is 12.2. The number of amides is 3. The van der Waals surface area contributed by atoms with E-state index in [4.69, 9.17) is 9.57 Å². The standard InChI is InChI=1S/C42H60N4O7/c1-8-34(47)35(48)31(19-26-15-16-26)43-39(50)33-22-42(21-32(45-53-42)28-17-24(3)36(52-9-2)25(4)18-28)23-46(33)40(51)37(41(5,6)7)44-38(49)30-20-29(30)27-13-11-10-12-14-27/h17-18,26-27,29-31,33,37H,8-16,19-23H2,1-7H3,(H,43,50)(H,44,49)/t29-,30?,31-,33-,37+,42+/m0/s1. The van der Waals surface area contributed by atoms with Crippen LogP contribution in [0.15, 0.2) is 17.3 Å². The normalized spacial score (nSPS) is 26.7. The number of nitrogens with zero attached hydrogens (tertiary/aromatic N) is 2. The number of hydrogen-bond acceptors (Lipinski definition) is 8. The Morgan fingerprint density at radius 3 is 2.26 bits per heavy atom. The summed E-state index contributed by atoms with van der Waals surface area (Å²) in [4.78, 5) is 76.4. The summed E-state index contributed by atoms with van der Waals surface area (Å²) in [5.41, 5.74) is 1.90. The topological polar surface area (TPSA) is 143 Å². The molecular formula is C42H60N4O7. The Morgan fingerprint density at radius 2 is 1.66 bits per heavy atom. The molecule has 11 nitrogen and oxygen atoms in total. The molecule has 3 amide bonds. The van der Waals surface area contributed by atoms with Gasteiger partial charge in [-0.2, -0.15) is 0 Å². The predicted molar refractivity (Wildman–Crippen MR) is 201 cm³/mol. The van der Waals surface area contributed by atoms with E-state index in [0.29, 0.717) is 37.0 Å². The fourth-order valence-corrected chi connectivity index (χ4v) is 8.99. The van der Waals surface area contributed by atoms with E-state index < -0.39 is 46.6 Å². The van der Waals surface area contributed by atoms with Crippen LogP contribution in [-0.4, -0.2) is 76.8 Å². The van der Waals surface area contributed by atoms with Crippen LogP contribution in [0.4, 0.5) is 0 Å². The van der Waals surface area contributed by atoms with Crippen LogP contribution in [0.3, 0.4) is 0 Å². The maximum atomic E-state index is 14.8. The fourth-order valence-electron chi connectivity index (χ4n) is 8.99. The van der Waals surface area contributed by atoms with Crippen LogP contribution in [0.2, 0.25) is 0 Å². The minimum atomic E-state index is -0.996. The second-order valence-electron chi connectivity index (χ2n) is 17.6. The first kappa shape index (κ1) is 38.9. The largest absolute Gasteiger partial charge is 0.493 e. The van der Waals surface area contributed by atoms with E-state index in [1.54, 1.807) is 6.92 Å². The maximum absolute atomic E-state index is 14.8. The number of carbonyl (C=O) groups excluding carboxylic acids is 5. The number of nitrogens with one attached hydrogen (secondary N) is 2. The minimum Gasteiger partial charge on any atom is -0.493 e. The third kappa shape index (κ3) is 8.64. The Labute approximate surface area is 314 Å². The van der Waals surface area contributed by atoms with Gasteiger partial charge in [-0.3, -0.25) is 24.0 Å². The molecule has 1 aromatic rings. The first-order valence-electron chi connectivity index (χ1n) is 20.1. The molecule has 2 N–H and O–H groups in total. The molecule has 4 fully saturated rings. The first-order valence-corrected chi connectivity index (χ1v) is 20.1. The summed E-state index contributed by atoms with van der Waals surface area (Å²) in [6.45, 7) is 14.0. The van der Waals surface area contributed by atoms with Crippen molar-refractivity contribution < 1.29 is 33.5 Å². The second-order valence-corrected chi connectivity index (χ2v) is 17.6. The van der Waals surface area contributed by atoms with E-state index in [1.165, 1.54) is 24.2 Å². The fraction of sp³-hybridized carbons (Fsp3) is 0.714. The summed E-state index contributed by atoms with van der Waals surface area (Å²) in [6, 6.07) is 1.20. The average molecular weight is 733 g/mol. The molecule has 6 atom stereocenters. The van der Waals surface area contributed by atoms with Crippen molar-refractivity contribution in [3.8, 4) is 5.75 Å². The number of oxime groups is 1. The number of ether oxygens (including phenoxy) is 1. The molecule has 2 heterocycles. The van der Waals surface area contributed by atoms with Gasteiger partial charge in [0.05, 0.1) is 24.9 Å². The average Bonchev–Trinajstić information content (AvgIpc) is 4.05. The second kappa shape index (κ2) is 15.5. The first-order chi connectivity index (χ1) is 25.1. The van der Waals surface area contributed by atoms with Crippen LogP contribution in [0, 0.1) is 42.9 Å². The third-order valence-electron chi connectivity index (χ3n) is 12.2. The van der Waals surface area contributed by atoms with Crippen LogP contribution < -0.4 is 15.4 Å². The number of aryl methyl sites for hydroxylation is 2. The van der Waals surface area contributed by atoms with Gasteiger partial charge >= 0.3 is 0 Å². The summed E-state index contributed by atoms with van der Waals surface area (Å²) < 4.78 is 5.85. The molecular weight excluding hydrogens is 672 g/mol. The number of rotatable bonds is 14. The van der Waals surface area contributed by atoms with Gasteiger partial charge in [0.2, 0.25) is 23.5 Å². The van der Waals surface area contributed by atoms with Gasteiger partial charge in [-0.15, -0.1) is 0 Å². The molecule has 11 heteroatoms. The van der Waals surface area contributed by atoms with Gasteiger partial charge in [-0.25, -0.2) is 0 Å². The molecule has 1 spiro atoms. The van der Waals surface area contributed by atoms with E-state index >= 15 is 0 Å². The zero-order valence-corrected chi connectivity index (χ0v) is 32.8. The van der Waals surface area contributed by atoms with Crippen LogP contribution >= 0.6 is 0 Å². The molecule has 0 radical (unpaired) electrons. The highest BCUT2D eigenvalue weighted by molar-refractivity contribution is 6.39. The lowest BCUT2D eigenvalue weighted by molar-refractivity contribution is -0.145. The number of likely N-dealkylation sites (tertiary alicyclic amines) is 1. The van der Waals surface area contributed by atoms with Crippen molar-refractivity contribution in [3.05, 3.63) is 28.8 Å². The van der Waals surface area contributed by atoms with Crippen molar-refractivity contribution in [1.29, 1.82) is 0 Å². The quantitative estimate of drug-likeness (QED) is 0.232. The summed E-state index contributed by atoms with van der Waals surface area (Å²) in [7, 11) is 0. The van der Waals surface area contributed by atoms with Crippen molar-refractivity contribution in [2.24, 2.45) is 34.2 Å². The lowest BCUT2D eigenvalue weighted by Gasteiger charge is -2.36. The van der Waals surface area contributed by atoms with Gasteiger partial charge in [-0.1, -0.05) is 77.8 Å². The summed E-state index contributed by atoms with van der Waals surface area (Å²) >= 11 is 0. The summed E-state index contributed by atoms with van der Waals surface area (Å²) in [5.74, 6) is -0.132. The van der Waals surface area contributed by atoms with Crippen LogP contribution in [0.1, 0.15) is 128 Å². The molecule has 1 aromatic carbocycles. The molecule has 0 bridgehead atoms. The summed E-state index contributed by atoms with van der Waals surface area (Å²) in [5, 5.41) is 10.6. The number of hydrogen-bond donors (Lipinski definition) is 2. The van der Waals surface area contributed by atoms with Crippen molar-refractivity contribution in [1.82, 2.24) is 15.5 Å². The molecule has 6 rings (SSSR count). The molecule has 1 saturated heterocycles. The molecule has 3 saturated carbocycles. The van der Waals surface area contributed by atoms with Crippen molar-refractivity contribution in [2.75, 3.05) is 13.2 Å². The van der Waals surface area contributed by atoms with E-state index in [1.807, 2.05) is 53.7 Å². The Hall–Kier alpha value is -3.76. The van der Waals surface area contributed by atoms with Crippen molar-refractivity contribution in [3.63, 3.8) is 0 Å². The number of benzene rings is 1. The van der Waals surface area contributed by atoms with E-state index in [-0.39, 0.29) is 43.0 Å².